The fourth-order valence-electron chi connectivity index (χ4n) is 3.57. The standard InChI is InChI=1S/C16H30N2O.ClH/c1-2-10-19-13-14-6-5-9-18(11-14)12-15-7-3-4-8-16(15)17;/h2,14-16H,1,3-13,17H2;1H/t14-,15-,16+;/m0./s1. The first-order valence-corrected chi connectivity index (χ1v) is 7.96. The minimum absolute atomic E-state index is 0. The topological polar surface area (TPSA) is 38.5 Å². The van der Waals surface area contributed by atoms with Gasteiger partial charge in [0.25, 0.3) is 0 Å². The van der Waals surface area contributed by atoms with Gasteiger partial charge in [-0.25, -0.2) is 0 Å². The highest BCUT2D eigenvalue weighted by Crippen LogP contribution is 2.26. The van der Waals surface area contributed by atoms with Crippen molar-refractivity contribution in [3.8, 4) is 0 Å². The van der Waals surface area contributed by atoms with Crippen molar-refractivity contribution in [2.24, 2.45) is 17.6 Å². The Labute approximate surface area is 130 Å². The smallest absolute Gasteiger partial charge is 0.0644 e. The van der Waals surface area contributed by atoms with Gasteiger partial charge in [0.2, 0.25) is 0 Å². The lowest BCUT2D eigenvalue weighted by Gasteiger charge is -2.38. The molecule has 2 rings (SSSR count). The van der Waals surface area contributed by atoms with Gasteiger partial charge in [-0.05, 0) is 44.1 Å². The molecule has 2 N–H and O–H groups in total. The number of hydrogen-bond acceptors (Lipinski definition) is 3. The summed E-state index contributed by atoms with van der Waals surface area (Å²) in [5.41, 5.74) is 6.27. The molecule has 3 nitrogen and oxygen atoms in total. The van der Waals surface area contributed by atoms with E-state index in [9.17, 15) is 0 Å². The second-order valence-corrected chi connectivity index (χ2v) is 6.30. The predicted octanol–water partition coefficient (Wildman–Crippen LogP) is 2.84. The van der Waals surface area contributed by atoms with Crippen LogP contribution in [-0.4, -0.2) is 43.8 Å². The van der Waals surface area contributed by atoms with E-state index in [0.717, 1.165) is 12.5 Å². The molecular formula is C16H31ClN2O. The summed E-state index contributed by atoms with van der Waals surface area (Å²) in [5, 5.41) is 0. The van der Waals surface area contributed by atoms with Gasteiger partial charge in [0.05, 0.1) is 13.2 Å². The van der Waals surface area contributed by atoms with Crippen molar-refractivity contribution >= 4 is 12.4 Å². The minimum Gasteiger partial charge on any atom is -0.377 e. The maximum atomic E-state index is 6.27. The molecule has 1 aliphatic heterocycles. The van der Waals surface area contributed by atoms with Gasteiger partial charge in [0, 0.05) is 19.1 Å². The van der Waals surface area contributed by atoms with Crippen LogP contribution in [0.15, 0.2) is 12.7 Å². The molecule has 4 heteroatoms. The third kappa shape index (κ3) is 5.72. The fourth-order valence-corrected chi connectivity index (χ4v) is 3.57. The first kappa shape index (κ1) is 18.0. The summed E-state index contributed by atoms with van der Waals surface area (Å²) in [5.74, 6) is 1.43. The third-order valence-corrected chi connectivity index (χ3v) is 4.65. The summed E-state index contributed by atoms with van der Waals surface area (Å²) in [6, 6.07) is 0.436. The molecule has 3 atom stereocenters. The van der Waals surface area contributed by atoms with Gasteiger partial charge >= 0.3 is 0 Å². The molecule has 0 unspecified atom stereocenters. The molecule has 0 bridgehead atoms. The van der Waals surface area contributed by atoms with Crippen molar-refractivity contribution in [3.63, 3.8) is 0 Å². The molecule has 20 heavy (non-hydrogen) atoms. The van der Waals surface area contributed by atoms with Crippen LogP contribution in [0.25, 0.3) is 0 Å². The van der Waals surface area contributed by atoms with Crippen LogP contribution in [0.2, 0.25) is 0 Å². The van der Waals surface area contributed by atoms with Crippen LogP contribution < -0.4 is 5.73 Å². The van der Waals surface area contributed by atoms with Crippen molar-refractivity contribution in [2.45, 2.75) is 44.6 Å². The Hall–Kier alpha value is -0.0900. The molecule has 118 valence electrons. The molecule has 2 fully saturated rings. The third-order valence-electron chi connectivity index (χ3n) is 4.65. The van der Waals surface area contributed by atoms with Crippen molar-refractivity contribution in [1.29, 1.82) is 0 Å². The summed E-state index contributed by atoms with van der Waals surface area (Å²) in [6.07, 6.45) is 9.71. The number of rotatable bonds is 6. The van der Waals surface area contributed by atoms with Gasteiger partial charge in [-0.15, -0.1) is 19.0 Å². The van der Waals surface area contributed by atoms with Crippen molar-refractivity contribution < 1.29 is 4.74 Å². The van der Waals surface area contributed by atoms with Gasteiger partial charge < -0.3 is 15.4 Å². The van der Waals surface area contributed by atoms with Crippen LogP contribution >= 0.6 is 12.4 Å². The summed E-state index contributed by atoms with van der Waals surface area (Å²) in [4.78, 5) is 2.63. The molecule has 0 spiro atoms. The van der Waals surface area contributed by atoms with E-state index in [-0.39, 0.29) is 12.4 Å². The SMILES string of the molecule is C=CCOC[C@H]1CCCN(C[C@@H]2CCCC[C@H]2N)C1.Cl. The summed E-state index contributed by atoms with van der Waals surface area (Å²) in [7, 11) is 0. The fraction of sp³-hybridized carbons (Fsp3) is 0.875. The minimum atomic E-state index is 0. The molecule has 1 saturated heterocycles. The Balaban J connectivity index is 0.00000200. The average Bonchev–Trinajstić information content (AvgIpc) is 2.42. The van der Waals surface area contributed by atoms with E-state index in [1.54, 1.807) is 0 Å². The van der Waals surface area contributed by atoms with Gasteiger partial charge in [0.1, 0.15) is 0 Å². The van der Waals surface area contributed by atoms with Crippen LogP contribution in [0.4, 0.5) is 0 Å². The Morgan fingerprint density at radius 3 is 2.75 bits per heavy atom. The average molecular weight is 303 g/mol. The van der Waals surface area contributed by atoms with E-state index in [1.165, 1.54) is 58.2 Å². The van der Waals surface area contributed by atoms with Crippen molar-refractivity contribution in [3.05, 3.63) is 12.7 Å². The zero-order chi connectivity index (χ0) is 13.5. The Morgan fingerprint density at radius 1 is 1.20 bits per heavy atom. The molecule has 0 radical (unpaired) electrons. The number of ether oxygens (including phenoxy) is 1. The summed E-state index contributed by atoms with van der Waals surface area (Å²) in [6.45, 7) is 8.92. The number of hydrogen-bond donors (Lipinski definition) is 1. The van der Waals surface area contributed by atoms with Crippen LogP contribution in [0.1, 0.15) is 38.5 Å². The maximum absolute atomic E-state index is 6.27. The normalized spacial score (nSPS) is 31.6. The molecule has 0 aromatic rings. The molecular weight excluding hydrogens is 272 g/mol. The lowest BCUT2D eigenvalue weighted by molar-refractivity contribution is 0.0633. The van der Waals surface area contributed by atoms with Crippen LogP contribution in [0, 0.1) is 11.8 Å². The van der Waals surface area contributed by atoms with Crippen molar-refractivity contribution in [1.82, 2.24) is 4.90 Å². The second kappa shape index (κ2) is 9.78. The molecule has 0 amide bonds. The lowest BCUT2D eigenvalue weighted by atomic mass is 9.84. The lowest BCUT2D eigenvalue weighted by Crippen LogP contribution is -2.45. The van der Waals surface area contributed by atoms with Gasteiger partial charge in [-0.3, -0.25) is 0 Å². The molecule has 1 aliphatic carbocycles. The molecule has 1 saturated carbocycles. The highest BCUT2D eigenvalue weighted by atomic mass is 35.5. The van der Waals surface area contributed by atoms with E-state index < -0.39 is 0 Å². The van der Waals surface area contributed by atoms with E-state index >= 15 is 0 Å². The van der Waals surface area contributed by atoms with Gasteiger partial charge in [0.15, 0.2) is 0 Å². The first-order chi connectivity index (χ1) is 9.29. The van der Waals surface area contributed by atoms with E-state index in [1.807, 2.05) is 6.08 Å². The molecule has 0 aromatic carbocycles. The van der Waals surface area contributed by atoms with Crippen LogP contribution in [0.5, 0.6) is 0 Å². The number of likely N-dealkylation sites (tertiary alicyclic amines) is 1. The zero-order valence-electron chi connectivity index (χ0n) is 12.6. The Morgan fingerprint density at radius 2 is 2.00 bits per heavy atom. The first-order valence-electron chi connectivity index (χ1n) is 7.96. The predicted molar refractivity (Wildman–Crippen MR) is 87.4 cm³/mol. The monoisotopic (exact) mass is 302 g/mol. The number of piperidine rings is 1. The van der Waals surface area contributed by atoms with E-state index in [2.05, 4.69) is 11.5 Å². The summed E-state index contributed by atoms with van der Waals surface area (Å²) >= 11 is 0. The number of nitrogens with two attached hydrogens (primary N) is 1. The molecule has 1 heterocycles. The highest BCUT2D eigenvalue weighted by molar-refractivity contribution is 5.85. The summed E-state index contributed by atoms with van der Waals surface area (Å²) < 4.78 is 5.61. The van der Waals surface area contributed by atoms with E-state index in [4.69, 9.17) is 10.5 Å². The quantitative estimate of drug-likeness (QED) is 0.606. The zero-order valence-corrected chi connectivity index (χ0v) is 13.5. The Kier molecular flexibility index (Phi) is 8.78. The maximum Gasteiger partial charge on any atom is 0.0644 e. The molecule has 2 aliphatic rings. The van der Waals surface area contributed by atoms with Gasteiger partial charge in [-0.1, -0.05) is 18.9 Å². The van der Waals surface area contributed by atoms with E-state index in [0.29, 0.717) is 18.6 Å². The largest absolute Gasteiger partial charge is 0.377 e. The Bertz CT molecular complexity index is 275. The molecule has 0 aromatic heterocycles. The van der Waals surface area contributed by atoms with Gasteiger partial charge in [-0.2, -0.15) is 0 Å². The number of halogens is 1. The van der Waals surface area contributed by atoms with Crippen LogP contribution in [-0.2, 0) is 4.74 Å². The van der Waals surface area contributed by atoms with Crippen LogP contribution in [0.3, 0.4) is 0 Å². The second-order valence-electron chi connectivity index (χ2n) is 6.30. The van der Waals surface area contributed by atoms with Crippen molar-refractivity contribution in [2.75, 3.05) is 32.8 Å². The highest BCUT2D eigenvalue weighted by Gasteiger charge is 2.27. The number of nitrogens with zero attached hydrogens (tertiary/aromatic N) is 1.